The number of nitrogens with zero attached hydrogens (tertiary/aromatic N) is 1. The van der Waals surface area contributed by atoms with Gasteiger partial charge in [-0.15, -0.1) is 0 Å². The summed E-state index contributed by atoms with van der Waals surface area (Å²) in [6.45, 7) is 5.62. The van der Waals surface area contributed by atoms with E-state index >= 15 is 0 Å². The van der Waals surface area contributed by atoms with Crippen LogP contribution < -0.4 is 0 Å². The number of likely N-dealkylation sites (N-methyl/N-ethyl adjacent to an activating group) is 1. The molecule has 0 radical (unpaired) electrons. The average Bonchev–Trinajstić information content (AvgIpc) is 3.28. The summed E-state index contributed by atoms with van der Waals surface area (Å²) < 4.78 is 5.65. The summed E-state index contributed by atoms with van der Waals surface area (Å²) in [5.41, 5.74) is 0.999. The molecule has 3 heteroatoms. The third kappa shape index (κ3) is 5.23. The molecular formula is C17H27NO2. The van der Waals surface area contributed by atoms with Gasteiger partial charge < -0.3 is 14.7 Å². The van der Waals surface area contributed by atoms with Crippen molar-refractivity contribution in [2.24, 2.45) is 11.8 Å². The smallest absolute Gasteiger partial charge is 0.0827 e. The number of rotatable bonds is 9. The molecule has 1 aliphatic carbocycles. The molecule has 0 bridgehead atoms. The summed E-state index contributed by atoms with van der Waals surface area (Å²) in [6, 6.07) is 9.89. The number of hydrogen-bond acceptors (Lipinski definition) is 3. The zero-order chi connectivity index (χ0) is 14.4. The Morgan fingerprint density at radius 1 is 1.30 bits per heavy atom. The van der Waals surface area contributed by atoms with Crippen molar-refractivity contribution in [3.8, 4) is 0 Å². The number of aliphatic hydroxyl groups is 1. The Hall–Kier alpha value is -0.900. The van der Waals surface area contributed by atoms with E-state index in [9.17, 15) is 5.11 Å². The van der Waals surface area contributed by atoms with Gasteiger partial charge in [-0.25, -0.2) is 0 Å². The second kappa shape index (κ2) is 7.77. The predicted molar refractivity (Wildman–Crippen MR) is 81.6 cm³/mol. The fraction of sp³-hybridized carbons (Fsp3) is 0.647. The van der Waals surface area contributed by atoms with Crippen molar-refractivity contribution >= 4 is 0 Å². The molecule has 3 nitrogen and oxygen atoms in total. The lowest BCUT2D eigenvalue weighted by molar-refractivity contribution is 0.0721. The van der Waals surface area contributed by atoms with Crippen molar-refractivity contribution in [3.05, 3.63) is 35.9 Å². The van der Waals surface area contributed by atoms with Crippen molar-refractivity contribution in [1.29, 1.82) is 0 Å². The summed E-state index contributed by atoms with van der Waals surface area (Å²) in [5.74, 6) is 1.05. The Morgan fingerprint density at radius 3 is 2.65 bits per heavy atom. The highest BCUT2D eigenvalue weighted by atomic mass is 16.5. The van der Waals surface area contributed by atoms with E-state index in [0.29, 0.717) is 0 Å². The molecule has 0 amide bonds. The average molecular weight is 277 g/mol. The second-order valence-electron chi connectivity index (χ2n) is 6.11. The van der Waals surface area contributed by atoms with Crippen LogP contribution in [-0.4, -0.2) is 43.4 Å². The second-order valence-corrected chi connectivity index (χ2v) is 6.11. The number of aliphatic hydroxyl groups excluding tert-OH is 1. The van der Waals surface area contributed by atoms with Crippen LogP contribution in [0.25, 0.3) is 0 Å². The van der Waals surface area contributed by atoms with Crippen molar-refractivity contribution in [2.45, 2.75) is 25.9 Å². The minimum absolute atomic E-state index is 0.214. The SMILES string of the molecule is CC(CN(C)CCOCC1CC1)C(O)c1ccccc1. The first-order valence-electron chi connectivity index (χ1n) is 7.66. The van der Waals surface area contributed by atoms with E-state index < -0.39 is 6.10 Å². The maximum atomic E-state index is 10.3. The molecule has 0 heterocycles. The van der Waals surface area contributed by atoms with Crippen molar-refractivity contribution in [3.63, 3.8) is 0 Å². The van der Waals surface area contributed by atoms with Crippen molar-refractivity contribution < 1.29 is 9.84 Å². The first kappa shape index (κ1) is 15.5. The van der Waals surface area contributed by atoms with Gasteiger partial charge in [-0.3, -0.25) is 0 Å². The van der Waals surface area contributed by atoms with Crippen LogP contribution in [0.1, 0.15) is 31.4 Å². The van der Waals surface area contributed by atoms with Crippen LogP contribution in [0.3, 0.4) is 0 Å². The van der Waals surface area contributed by atoms with E-state index in [1.54, 1.807) is 0 Å². The lowest BCUT2D eigenvalue weighted by Crippen LogP contribution is -2.30. The Kier molecular flexibility index (Phi) is 6.02. The summed E-state index contributed by atoms with van der Waals surface area (Å²) >= 11 is 0. The standard InChI is InChI=1S/C17H27NO2/c1-14(17(19)16-6-4-3-5-7-16)12-18(2)10-11-20-13-15-8-9-15/h3-7,14-15,17,19H,8-13H2,1-2H3. The van der Waals surface area contributed by atoms with E-state index in [2.05, 4.69) is 18.9 Å². The van der Waals surface area contributed by atoms with Crippen molar-refractivity contribution in [2.75, 3.05) is 33.4 Å². The van der Waals surface area contributed by atoms with Gasteiger partial charge in [0.25, 0.3) is 0 Å². The zero-order valence-electron chi connectivity index (χ0n) is 12.7. The number of benzene rings is 1. The van der Waals surface area contributed by atoms with Gasteiger partial charge >= 0.3 is 0 Å². The van der Waals surface area contributed by atoms with E-state index in [1.165, 1.54) is 12.8 Å². The Bertz CT molecular complexity index is 378. The van der Waals surface area contributed by atoms with Crippen LogP contribution in [0, 0.1) is 11.8 Å². The number of ether oxygens (including phenoxy) is 1. The van der Waals surface area contributed by atoms with E-state index in [1.807, 2.05) is 30.3 Å². The van der Waals surface area contributed by atoms with Crippen molar-refractivity contribution in [1.82, 2.24) is 4.90 Å². The third-order valence-corrected chi connectivity index (χ3v) is 3.95. The van der Waals surface area contributed by atoms with Crippen LogP contribution in [0.15, 0.2) is 30.3 Å². The Morgan fingerprint density at radius 2 is 2.00 bits per heavy atom. The molecule has 1 aliphatic rings. The monoisotopic (exact) mass is 277 g/mol. The summed E-state index contributed by atoms with van der Waals surface area (Å²) in [4.78, 5) is 2.24. The highest BCUT2D eigenvalue weighted by molar-refractivity contribution is 5.17. The molecule has 1 aromatic carbocycles. The fourth-order valence-corrected chi connectivity index (χ4v) is 2.42. The molecule has 112 valence electrons. The minimum Gasteiger partial charge on any atom is -0.388 e. The molecule has 0 aliphatic heterocycles. The Balaban J connectivity index is 1.65. The largest absolute Gasteiger partial charge is 0.388 e. The van der Waals surface area contributed by atoms with Gasteiger partial charge in [0.2, 0.25) is 0 Å². The van der Waals surface area contributed by atoms with Gasteiger partial charge in [-0.1, -0.05) is 37.3 Å². The van der Waals surface area contributed by atoms with Crippen LogP contribution in [0.2, 0.25) is 0 Å². The molecule has 1 saturated carbocycles. The van der Waals surface area contributed by atoms with Gasteiger partial charge in [0.1, 0.15) is 0 Å². The first-order valence-corrected chi connectivity index (χ1v) is 7.66. The molecule has 1 fully saturated rings. The molecule has 2 rings (SSSR count). The molecule has 0 saturated heterocycles. The predicted octanol–water partition coefficient (Wildman–Crippen LogP) is 2.71. The minimum atomic E-state index is -0.397. The van der Waals surface area contributed by atoms with Gasteiger partial charge in [0.15, 0.2) is 0 Å². The lowest BCUT2D eigenvalue weighted by Gasteiger charge is -2.25. The number of hydrogen-bond donors (Lipinski definition) is 1. The maximum Gasteiger partial charge on any atom is 0.0827 e. The molecule has 2 atom stereocenters. The van der Waals surface area contributed by atoms with Crippen LogP contribution in [0.4, 0.5) is 0 Å². The van der Waals surface area contributed by atoms with Gasteiger partial charge in [0.05, 0.1) is 12.7 Å². The van der Waals surface area contributed by atoms with Gasteiger partial charge in [-0.2, -0.15) is 0 Å². The molecule has 1 aromatic rings. The molecule has 0 spiro atoms. The summed E-state index contributed by atoms with van der Waals surface area (Å²) in [7, 11) is 2.09. The first-order chi connectivity index (χ1) is 9.66. The maximum absolute atomic E-state index is 10.3. The van der Waals surface area contributed by atoms with Crippen LogP contribution in [0.5, 0.6) is 0 Å². The van der Waals surface area contributed by atoms with Crippen LogP contribution in [-0.2, 0) is 4.74 Å². The third-order valence-electron chi connectivity index (χ3n) is 3.95. The Labute approximate surface area is 122 Å². The zero-order valence-corrected chi connectivity index (χ0v) is 12.7. The molecule has 20 heavy (non-hydrogen) atoms. The van der Waals surface area contributed by atoms with Crippen LogP contribution >= 0.6 is 0 Å². The molecule has 2 unspecified atom stereocenters. The normalized spacial score (nSPS) is 18.2. The van der Waals surface area contributed by atoms with E-state index in [-0.39, 0.29) is 5.92 Å². The topological polar surface area (TPSA) is 32.7 Å². The van der Waals surface area contributed by atoms with Gasteiger partial charge in [-0.05, 0) is 37.3 Å². The highest BCUT2D eigenvalue weighted by Crippen LogP contribution is 2.28. The lowest BCUT2D eigenvalue weighted by atomic mass is 9.97. The van der Waals surface area contributed by atoms with Gasteiger partial charge in [0, 0.05) is 19.7 Å². The summed E-state index contributed by atoms with van der Waals surface area (Å²) in [6.07, 6.45) is 2.29. The molecule has 1 N–H and O–H groups in total. The van der Waals surface area contributed by atoms with E-state index in [4.69, 9.17) is 4.74 Å². The van der Waals surface area contributed by atoms with E-state index in [0.717, 1.165) is 37.8 Å². The highest BCUT2D eigenvalue weighted by Gasteiger charge is 2.21. The quantitative estimate of drug-likeness (QED) is 0.705. The molecule has 0 aromatic heterocycles. The summed E-state index contributed by atoms with van der Waals surface area (Å²) in [5, 5.41) is 10.3. The fourth-order valence-electron chi connectivity index (χ4n) is 2.42. The molecular weight excluding hydrogens is 250 g/mol.